The summed E-state index contributed by atoms with van der Waals surface area (Å²) in [5.41, 5.74) is 0.828. The molecule has 1 N–H and O–H groups in total. The molecule has 3 rings (SSSR count). The maximum Gasteiger partial charge on any atom is 0.303 e. The summed E-state index contributed by atoms with van der Waals surface area (Å²) < 4.78 is 6.27. The van der Waals surface area contributed by atoms with E-state index in [2.05, 4.69) is 0 Å². The topological polar surface area (TPSA) is 66.8 Å². The SMILES string of the molecule is O=C(O)CCCN1C(=O)/C(=C/c2cccc(Oc3ccccc3)c2)SC1=S. The van der Waals surface area contributed by atoms with Crippen LogP contribution in [0.3, 0.4) is 0 Å². The van der Waals surface area contributed by atoms with Crippen molar-refractivity contribution >= 4 is 46.3 Å². The standard InChI is InChI=1S/C20H17NO4S2/c22-18(23)10-5-11-21-19(24)17(27-20(21)26)13-14-6-4-9-16(12-14)25-15-7-2-1-3-8-15/h1-4,6-9,12-13H,5,10-11H2,(H,22,23)/b17-13-. The van der Waals surface area contributed by atoms with Gasteiger partial charge in [-0.2, -0.15) is 0 Å². The fourth-order valence-corrected chi connectivity index (χ4v) is 3.83. The maximum absolute atomic E-state index is 12.5. The van der Waals surface area contributed by atoms with Crippen LogP contribution < -0.4 is 4.74 Å². The quantitative estimate of drug-likeness (QED) is 0.544. The molecule has 0 unspecified atom stereocenters. The van der Waals surface area contributed by atoms with Crippen LogP contribution in [0.5, 0.6) is 11.5 Å². The average molecular weight is 399 g/mol. The summed E-state index contributed by atoms with van der Waals surface area (Å²) in [4.78, 5) is 25.2. The van der Waals surface area contributed by atoms with Crippen LogP contribution in [0.2, 0.25) is 0 Å². The van der Waals surface area contributed by atoms with E-state index in [4.69, 9.17) is 22.1 Å². The third-order valence-electron chi connectivity index (χ3n) is 3.78. The van der Waals surface area contributed by atoms with Gasteiger partial charge < -0.3 is 9.84 Å². The van der Waals surface area contributed by atoms with Crippen molar-refractivity contribution in [3.63, 3.8) is 0 Å². The number of aliphatic carboxylic acids is 1. The molecule has 0 atom stereocenters. The molecule has 1 aliphatic heterocycles. The number of carbonyl (C=O) groups excluding carboxylic acids is 1. The van der Waals surface area contributed by atoms with Crippen molar-refractivity contribution in [2.45, 2.75) is 12.8 Å². The summed E-state index contributed by atoms with van der Waals surface area (Å²) in [6, 6.07) is 16.9. The Morgan fingerprint density at radius 3 is 2.63 bits per heavy atom. The summed E-state index contributed by atoms with van der Waals surface area (Å²) in [7, 11) is 0. The highest BCUT2D eigenvalue weighted by molar-refractivity contribution is 8.26. The minimum Gasteiger partial charge on any atom is -0.481 e. The highest BCUT2D eigenvalue weighted by atomic mass is 32.2. The van der Waals surface area contributed by atoms with E-state index < -0.39 is 5.97 Å². The van der Waals surface area contributed by atoms with E-state index in [-0.39, 0.29) is 12.3 Å². The zero-order valence-corrected chi connectivity index (χ0v) is 16.0. The number of carbonyl (C=O) groups is 2. The van der Waals surface area contributed by atoms with Crippen LogP contribution in [0.1, 0.15) is 18.4 Å². The van der Waals surface area contributed by atoms with Crippen LogP contribution in [0.4, 0.5) is 0 Å². The fourth-order valence-electron chi connectivity index (χ4n) is 2.52. The van der Waals surface area contributed by atoms with Crippen molar-refractivity contribution in [1.29, 1.82) is 0 Å². The van der Waals surface area contributed by atoms with Gasteiger partial charge in [0.1, 0.15) is 15.8 Å². The average Bonchev–Trinajstić information content (AvgIpc) is 2.90. The molecular formula is C20H17NO4S2. The Hall–Kier alpha value is -2.64. The number of rotatable bonds is 7. The Bertz CT molecular complexity index is 896. The Morgan fingerprint density at radius 1 is 1.15 bits per heavy atom. The van der Waals surface area contributed by atoms with Crippen LogP contribution >= 0.6 is 24.0 Å². The van der Waals surface area contributed by atoms with Crippen LogP contribution in [0.25, 0.3) is 6.08 Å². The molecule has 5 nitrogen and oxygen atoms in total. The monoisotopic (exact) mass is 399 g/mol. The number of amides is 1. The second-order valence-corrected chi connectivity index (χ2v) is 7.49. The van der Waals surface area contributed by atoms with E-state index in [1.165, 1.54) is 16.7 Å². The van der Waals surface area contributed by atoms with E-state index in [1.807, 2.05) is 54.6 Å². The van der Waals surface area contributed by atoms with Gasteiger partial charge in [0, 0.05) is 13.0 Å². The third kappa shape index (κ3) is 5.18. The molecule has 1 heterocycles. The van der Waals surface area contributed by atoms with E-state index in [0.717, 1.165) is 11.3 Å². The molecule has 0 aliphatic carbocycles. The second kappa shape index (κ2) is 8.83. The van der Waals surface area contributed by atoms with Crippen molar-refractivity contribution in [3.8, 4) is 11.5 Å². The highest BCUT2D eigenvalue weighted by Gasteiger charge is 2.31. The first kappa shape index (κ1) is 19.1. The van der Waals surface area contributed by atoms with Gasteiger partial charge in [0.2, 0.25) is 0 Å². The molecule has 0 aromatic heterocycles. The van der Waals surface area contributed by atoms with Crippen molar-refractivity contribution in [2.75, 3.05) is 6.54 Å². The van der Waals surface area contributed by atoms with Gasteiger partial charge in [0.05, 0.1) is 4.91 Å². The highest BCUT2D eigenvalue weighted by Crippen LogP contribution is 2.33. The van der Waals surface area contributed by atoms with E-state index in [0.29, 0.717) is 27.9 Å². The number of hydrogen-bond donors (Lipinski definition) is 1. The Kier molecular flexibility index (Phi) is 6.26. The zero-order valence-electron chi connectivity index (χ0n) is 14.3. The molecule has 1 fully saturated rings. The van der Waals surface area contributed by atoms with Crippen LogP contribution in [0, 0.1) is 0 Å². The van der Waals surface area contributed by atoms with E-state index in [1.54, 1.807) is 6.08 Å². The minimum absolute atomic E-state index is 0.00891. The molecule has 1 aliphatic rings. The Morgan fingerprint density at radius 2 is 1.89 bits per heavy atom. The van der Waals surface area contributed by atoms with Gasteiger partial charge in [0.25, 0.3) is 5.91 Å². The normalized spacial score (nSPS) is 15.4. The van der Waals surface area contributed by atoms with E-state index >= 15 is 0 Å². The van der Waals surface area contributed by atoms with Gasteiger partial charge in [-0.1, -0.05) is 54.3 Å². The number of ether oxygens (including phenoxy) is 1. The van der Waals surface area contributed by atoms with Gasteiger partial charge in [-0.25, -0.2) is 0 Å². The lowest BCUT2D eigenvalue weighted by molar-refractivity contribution is -0.137. The van der Waals surface area contributed by atoms with Crippen molar-refractivity contribution < 1.29 is 19.4 Å². The molecule has 138 valence electrons. The van der Waals surface area contributed by atoms with Crippen LogP contribution in [-0.4, -0.2) is 32.7 Å². The molecule has 27 heavy (non-hydrogen) atoms. The second-order valence-electron chi connectivity index (χ2n) is 5.82. The van der Waals surface area contributed by atoms with E-state index in [9.17, 15) is 9.59 Å². The Labute approximate surface area is 166 Å². The summed E-state index contributed by atoms with van der Waals surface area (Å²) in [6.07, 6.45) is 2.15. The molecule has 0 spiro atoms. The number of para-hydroxylation sites is 1. The number of thioether (sulfide) groups is 1. The van der Waals surface area contributed by atoms with Gasteiger partial charge >= 0.3 is 5.97 Å². The molecule has 1 amide bonds. The van der Waals surface area contributed by atoms with Gasteiger partial charge in [-0.3, -0.25) is 14.5 Å². The van der Waals surface area contributed by atoms with Crippen molar-refractivity contribution in [3.05, 3.63) is 65.1 Å². The third-order valence-corrected chi connectivity index (χ3v) is 5.16. The maximum atomic E-state index is 12.5. The molecule has 2 aromatic carbocycles. The molecule has 0 bridgehead atoms. The smallest absolute Gasteiger partial charge is 0.303 e. The number of carboxylic acids is 1. The number of nitrogens with zero attached hydrogens (tertiary/aromatic N) is 1. The molecule has 0 saturated carbocycles. The molecule has 7 heteroatoms. The number of thiocarbonyl (C=S) groups is 1. The van der Waals surface area contributed by atoms with Crippen LogP contribution in [-0.2, 0) is 9.59 Å². The lowest BCUT2D eigenvalue weighted by Crippen LogP contribution is -2.29. The minimum atomic E-state index is -0.883. The number of benzene rings is 2. The van der Waals surface area contributed by atoms with Crippen molar-refractivity contribution in [1.82, 2.24) is 4.90 Å². The first-order chi connectivity index (χ1) is 13.0. The Balaban J connectivity index is 1.71. The molecule has 1 saturated heterocycles. The predicted molar refractivity (Wildman–Crippen MR) is 110 cm³/mol. The molecular weight excluding hydrogens is 382 g/mol. The first-order valence-corrected chi connectivity index (χ1v) is 9.55. The van der Waals surface area contributed by atoms with Gasteiger partial charge in [0.15, 0.2) is 0 Å². The first-order valence-electron chi connectivity index (χ1n) is 8.33. The summed E-state index contributed by atoms with van der Waals surface area (Å²) >= 11 is 6.48. The summed E-state index contributed by atoms with van der Waals surface area (Å²) in [5.74, 6) is 0.335. The predicted octanol–water partition coefficient (Wildman–Crippen LogP) is 4.54. The summed E-state index contributed by atoms with van der Waals surface area (Å²) in [6.45, 7) is 0.311. The molecule has 0 radical (unpaired) electrons. The van der Waals surface area contributed by atoms with Gasteiger partial charge in [-0.15, -0.1) is 0 Å². The zero-order chi connectivity index (χ0) is 19.2. The van der Waals surface area contributed by atoms with Gasteiger partial charge in [-0.05, 0) is 42.3 Å². The molecule has 2 aromatic rings. The fraction of sp³-hybridized carbons (Fsp3) is 0.150. The lowest BCUT2D eigenvalue weighted by atomic mass is 10.2. The van der Waals surface area contributed by atoms with Crippen LogP contribution in [0.15, 0.2) is 59.5 Å². The number of carboxylic acid groups (broad SMARTS) is 1. The summed E-state index contributed by atoms with van der Waals surface area (Å²) in [5, 5.41) is 8.73. The lowest BCUT2D eigenvalue weighted by Gasteiger charge is -2.13. The van der Waals surface area contributed by atoms with Crippen molar-refractivity contribution in [2.24, 2.45) is 0 Å². The largest absolute Gasteiger partial charge is 0.481 e. The number of hydrogen-bond acceptors (Lipinski definition) is 5.